The minimum Gasteiger partial charge on any atom is -0.481 e. The number of terminal acetylenes is 2. The summed E-state index contributed by atoms with van der Waals surface area (Å²) in [6.45, 7) is 9.03. The quantitative estimate of drug-likeness (QED) is 0.0107. The number of carboxylic acids is 1. The molecule has 0 aromatic carbocycles. The standard InChI is InChI=1S/C46H71NO14.C46H2.H3NO14.34H2/c1-26-19-27(2)21-38(58-7)42-39(59-8)23-29(4)46(56,61-42)43(53)44(54)47-18-12-11-14-33(47)45(55)60-41(28(3)22-31-16-17-34(48)37(24-31)57-6)30(5)35(49)25-36(50)32(20-26)13-9-10-15-40(51)52;1-3-5-7-9-11-13-15-17-19-21-23-25-27-29-31-33-35-37-39-41-43-45-46-44-42-40-38-36-34-32-30-28-26-24-22-20-18-16-14-12-10-8-6-4-2;2-6-10-14-12-8-4-1-5-9-13-15-11-7-3;;;;;;;;;;;;;;;;;;;;;;;;;;;;;;;;;;/h9-10,20,22,27,29-35,37-39,41-42,48-49,56H,11-19,21,23-25H2,1-8H3,(H,51,52);1-2H;1-3H;34*1H/b10-9+,26-20+,28-22+;;;;;;;;;;;;;;;;;;;;;;;;;;;;;;;;;;;;/t27-,29+,30+,31-,32+,33-,34+,35-,37+,38-,39-,41+,42+,46+;;;;;;;;;;;;;;;;;;;;;;;;;;;;;;;;;;;;/m0..................................../s1. The summed E-state index contributed by atoms with van der Waals surface area (Å²) < 4.78 is 29.8. The van der Waals surface area contributed by atoms with Crippen molar-refractivity contribution in [3.63, 3.8) is 0 Å². The second kappa shape index (κ2) is 66.9. The van der Waals surface area contributed by atoms with E-state index in [-0.39, 0.29) is 105 Å². The molecule has 0 radical (unpaired) electrons. The van der Waals surface area contributed by atoms with E-state index in [2.05, 4.69) is 321 Å². The van der Waals surface area contributed by atoms with Gasteiger partial charge >= 0.3 is 11.9 Å². The SMILES string of the molecule is C#CC#CC#CC#CC#CC#CC#CC#CC#CC#CC#CC#CC#CC#CC#CC#CC#CC#CC#CC#CC#CC#CC#C.CO[C@H]1C[C@@H](C)C/C(C)=C/[C@@H](C/C=C/CC(=O)O)C(=O)C[C@H](O)[C@@H](C)[C@@H](/C(C)=C/[C@@H]2CC[C@@H](O)[C@H](OC)C2)OC(=O)[C@@H]2CCCCN2C(=O)C(=O)[C@]2(O)O[C@H]1[C@@H](OC)C[C@H]2C.OOOOOOONOOOOOOO.[HH].[HH].[HH].[HH].[HH].[HH].[HH].[HH].[HH].[HH].[HH].[HH].[HH].[HH].[HH].[HH].[HH].[HH].[HH].[HH].[HH].[HH].[HH].[HH].[HH].[HH].[HH].[HH].[HH].[HH].[HH].[HH].[HH].[HH]. The molecular formula is C92H144N2O28. The molecule has 2 saturated heterocycles. The summed E-state index contributed by atoms with van der Waals surface area (Å²) in [4.78, 5) is 76.8. The minimum atomic E-state index is -2.55. The number of nitrogens with zero attached hydrogens (tertiary/aromatic N) is 1. The van der Waals surface area contributed by atoms with Crippen molar-refractivity contribution >= 4 is 29.4 Å². The molecule has 3 fully saturated rings. The third-order valence-electron chi connectivity index (χ3n) is 16.4. The van der Waals surface area contributed by atoms with Gasteiger partial charge in [-0.05, 0) is 246 Å². The number of hydrogen-bond acceptors (Lipinski definition) is 28. The molecule has 4 aliphatic rings. The Balaban J connectivity index is -0.0000000469. The maximum atomic E-state index is 14.4. The second-order valence-electron chi connectivity index (χ2n) is 24.5. The van der Waals surface area contributed by atoms with E-state index in [1.54, 1.807) is 34.0 Å². The largest absolute Gasteiger partial charge is 0.481 e. The van der Waals surface area contributed by atoms with Crippen LogP contribution in [0.1, 0.15) is 160 Å². The molecule has 3 aliphatic heterocycles. The lowest BCUT2D eigenvalue weighted by Gasteiger charge is -2.47. The van der Waals surface area contributed by atoms with Gasteiger partial charge in [-0.15, -0.1) is 12.8 Å². The van der Waals surface area contributed by atoms with Gasteiger partial charge in [0.05, 0.1) is 36.9 Å². The molecular weight excluding hydrogens is 1580 g/mol. The lowest BCUT2D eigenvalue weighted by molar-refractivity contribution is -0.816. The summed E-state index contributed by atoms with van der Waals surface area (Å²) in [5.74, 6) is 98.7. The first-order valence-electron chi connectivity index (χ1n) is 35.8. The Kier molecular flexibility index (Phi) is 57.1. The lowest BCUT2D eigenvalue weighted by atomic mass is 9.81. The molecule has 0 aromatic rings. The highest BCUT2D eigenvalue weighted by Gasteiger charge is 2.57. The molecule has 690 valence electrons. The van der Waals surface area contributed by atoms with E-state index in [0.717, 1.165) is 10.5 Å². The summed E-state index contributed by atoms with van der Waals surface area (Å²) in [6, 6.07) is -1.18. The van der Waals surface area contributed by atoms with Crippen LogP contribution >= 0.6 is 0 Å². The topological polar surface area (TPSA) is 379 Å². The van der Waals surface area contributed by atoms with Crippen molar-refractivity contribution < 1.29 is 187 Å². The van der Waals surface area contributed by atoms with Gasteiger partial charge < -0.3 is 49.0 Å². The Bertz CT molecular complexity index is 5200. The van der Waals surface area contributed by atoms with Crippen LogP contribution in [-0.4, -0.2) is 148 Å². The van der Waals surface area contributed by atoms with Crippen molar-refractivity contribution in [1.29, 1.82) is 0 Å². The van der Waals surface area contributed by atoms with Gasteiger partial charge in [0.1, 0.15) is 24.0 Å². The zero-order valence-corrected chi connectivity index (χ0v) is 66.8. The van der Waals surface area contributed by atoms with Crippen LogP contribution in [0, 0.1) is 303 Å². The molecule has 4 rings (SSSR count). The predicted octanol–water partition coefficient (Wildman–Crippen LogP) is 11.9. The molecule has 3 heterocycles. The van der Waals surface area contributed by atoms with Crippen LogP contribution in [0.25, 0.3) is 0 Å². The number of aliphatic hydroxyl groups is 3. The van der Waals surface area contributed by atoms with E-state index >= 15 is 0 Å². The molecule has 0 unspecified atom stereocenters. The normalized spacial score (nSPS) is 22.4. The van der Waals surface area contributed by atoms with Crippen LogP contribution < -0.4 is 5.64 Å². The zero-order valence-electron chi connectivity index (χ0n) is 66.8. The van der Waals surface area contributed by atoms with Gasteiger partial charge in [0, 0.05) is 266 Å². The molecule has 7 N–H and O–H groups in total. The van der Waals surface area contributed by atoms with E-state index in [1.165, 1.54) is 25.9 Å². The summed E-state index contributed by atoms with van der Waals surface area (Å²) in [6.07, 6.45) is 14.9. The van der Waals surface area contributed by atoms with Crippen molar-refractivity contribution in [3.8, 4) is 273 Å². The zero-order chi connectivity index (χ0) is 89.5. The van der Waals surface area contributed by atoms with Gasteiger partial charge in [0.15, 0.2) is 0 Å². The number of Topliss-reactive ketones (excluding diaryl/α,β-unsaturated/α-hetero) is 2. The highest BCUT2D eigenvalue weighted by Crippen LogP contribution is 2.39. The number of carbonyl (C=O) groups is 5. The molecule has 30 heteroatoms. The third-order valence-corrected chi connectivity index (χ3v) is 16.4. The van der Waals surface area contributed by atoms with Crippen molar-refractivity contribution in [2.75, 3.05) is 27.9 Å². The third kappa shape index (κ3) is 46.2. The van der Waals surface area contributed by atoms with Crippen LogP contribution in [0.2, 0.25) is 0 Å². The van der Waals surface area contributed by atoms with Crippen molar-refractivity contribution in [2.45, 2.75) is 166 Å². The molecule has 1 amide bonds. The number of cyclic esters (lactones) is 1. The highest BCUT2D eigenvalue weighted by atomic mass is 17.9. The lowest BCUT2D eigenvalue weighted by Crippen LogP contribution is -2.64. The average molecular weight is 1730 g/mol. The van der Waals surface area contributed by atoms with Gasteiger partial charge in [-0.1, -0.05) is 60.6 Å². The fourth-order valence-corrected chi connectivity index (χ4v) is 11.1. The Morgan fingerprint density at radius 2 is 0.959 bits per heavy atom. The number of carbonyl (C=O) groups excluding carboxylic acids is 4. The summed E-state index contributed by atoms with van der Waals surface area (Å²) >= 11 is 0. The minimum absolute atomic E-state index is 0. The molecule has 1 aliphatic carbocycles. The molecule has 0 spiro atoms. The van der Waals surface area contributed by atoms with Gasteiger partial charge in [0.2, 0.25) is 5.79 Å². The maximum Gasteiger partial charge on any atom is 0.329 e. The monoisotopic (exact) mass is 1720 g/mol. The average Bonchev–Trinajstić information content (AvgIpc) is 0.778. The fraction of sp³-hybridized carbons (Fsp3) is 0.380. The van der Waals surface area contributed by atoms with Crippen LogP contribution in [0.4, 0.5) is 0 Å². The summed E-state index contributed by atoms with van der Waals surface area (Å²) in [5.41, 5.74) is 2.84. The number of piperidine rings is 1. The second-order valence-corrected chi connectivity index (χ2v) is 24.5. The first-order valence-corrected chi connectivity index (χ1v) is 35.8. The number of nitrogens with one attached hydrogen (secondary N) is 1. The molecule has 30 nitrogen and oxygen atoms in total. The number of aliphatic hydroxyl groups excluding tert-OH is 2. The number of methoxy groups -OCH3 is 3. The van der Waals surface area contributed by atoms with Crippen molar-refractivity contribution in [3.05, 3.63) is 35.5 Å². The number of carboxylic acid groups (broad SMARTS) is 1. The number of hydrogen-bond donors (Lipinski definition) is 7. The summed E-state index contributed by atoms with van der Waals surface area (Å²) in [7, 11) is 4.54. The predicted molar refractivity (Wildman–Crippen MR) is 498 cm³/mol. The molecule has 1 saturated carbocycles. The highest BCUT2D eigenvalue weighted by molar-refractivity contribution is 6.39. The smallest absolute Gasteiger partial charge is 0.329 e. The number of ether oxygens (including phenoxy) is 5. The van der Waals surface area contributed by atoms with E-state index in [1.807, 2.05) is 26.0 Å². The first kappa shape index (κ1) is 104. The number of rotatable bonds is 21. The first-order chi connectivity index (χ1) is 59.2. The van der Waals surface area contributed by atoms with Gasteiger partial charge in [-0.3, -0.25) is 19.2 Å². The fourth-order valence-electron chi connectivity index (χ4n) is 11.1. The van der Waals surface area contributed by atoms with Gasteiger partial charge in [-0.2, -0.15) is 0 Å². The number of ketones is 2. The van der Waals surface area contributed by atoms with E-state index in [0.29, 0.717) is 50.5 Å². The van der Waals surface area contributed by atoms with E-state index in [9.17, 15) is 44.4 Å². The Morgan fingerprint density at radius 3 is 1.36 bits per heavy atom. The number of fused-ring (bicyclic) bond motifs is 3. The van der Waals surface area contributed by atoms with Gasteiger partial charge in [-0.25, -0.2) is 15.3 Å². The van der Waals surface area contributed by atoms with Crippen LogP contribution in [0.5, 0.6) is 0 Å². The van der Waals surface area contributed by atoms with E-state index in [4.69, 9.17) is 47.0 Å². The molecule has 0 aromatic heterocycles. The van der Waals surface area contributed by atoms with Crippen LogP contribution in [0.15, 0.2) is 35.5 Å². The number of aliphatic carboxylic acids is 1. The van der Waals surface area contributed by atoms with Crippen LogP contribution in [-0.2, 0) is 108 Å². The number of amides is 1. The Hall–Kier alpha value is -14.0. The Morgan fingerprint density at radius 1 is 0.549 bits per heavy atom. The molecule has 2 bridgehead atoms. The number of esters is 1. The maximum absolute atomic E-state index is 14.4. The molecule has 14 atom stereocenters. The number of allylic oxidation sites excluding steroid dienone is 4. The Labute approximate surface area is 758 Å². The van der Waals surface area contributed by atoms with Gasteiger partial charge in [0.25, 0.3) is 11.7 Å². The van der Waals surface area contributed by atoms with E-state index < -0.39 is 95.9 Å². The molecule has 122 heavy (non-hydrogen) atoms. The van der Waals surface area contributed by atoms with Crippen molar-refractivity contribution in [2.24, 2.45) is 29.6 Å². The van der Waals surface area contributed by atoms with Crippen LogP contribution in [0.3, 0.4) is 0 Å². The van der Waals surface area contributed by atoms with Crippen molar-refractivity contribution in [1.82, 2.24) is 10.5 Å². The summed E-state index contributed by atoms with van der Waals surface area (Å²) in [5, 5.41) is 91.3.